The van der Waals surface area contributed by atoms with Gasteiger partial charge in [-0.2, -0.15) is 0 Å². The van der Waals surface area contributed by atoms with Crippen LogP contribution in [0, 0.1) is 5.82 Å². The minimum absolute atomic E-state index is 0.140. The topological polar surface area (TPSA) is 63.0 Å². The molecule has 0 aliphatic rings. The van der Waals surface area contributed by atoms with Crippen LogP contribution in [0.3, 0.4) is 0 Å². The van der Waals surface area contributed by atoms with Gasteiger partial charge >= 0.3 is 0 Å². The van der Waals surface area contributed by atoms with Gasteiger partial charge < -0.3 is 10.4 Å². The Morgan fingerprint density at radius 3 is 2.89 bits per heavy atom. The lowest BCUT2D eigenvalue weighted by Gasteiger charge is -2.03. The first kappa shape index (κ1) is 13.6. The zero-order valence-corrected chi connectivity index (χ0v) is 10.6. The fraction of sp³-hybridized carbons (Fsp3) is 0.385. The molecule has 0 saturated carbocycles. The van der Waals surface area contributed by atoms with Crippen molar-refractivity contribution in [3.8, 4) is 0 Å². The minimum Gasteiger partial charge on any atom is -0.396 e. The maximum absolute atomic E-state index is 13.4. The van der Waals surface area contributed by atoms with Crippen LogP contribution in [0.15, 0.2) is 30.5 Å². The van der Waals surface area contributed by atoms with Crippen LogP contribution in [0.4, 0.5) is 4.39 Å². The molecule has 6 heteroatoms. The van der Waals surface area contributed by atoms with E-state index in [1.165, 1.54) is 6.07 Å². The molecular formula is C13H17FN4O. The fourth-order valence-electron chi connectivity index (χ4n) is 1.73. The van der Waals surface area contributed by atoms with Gasteiger partial charge in [0.2, 0.25) is 0 Å². The van der Waals surface area contributed by atoms with Crippen LogP contribution in [0.1, 0.15) is 17.7 Å². The summed E-state index contributed by atoms with van der Waals surface area (Å²) < 4.78 is 15.1. The van der Waals surface area contributed by atoms with Crippen LogP contribution in [0.25, 0.3) is 0 Å². The number of nitrogens with one attached hydrogen (secondary N) is 1. The second kappa shape index (κ2) is 6.96. The summed E-state index contributed by atoms with van der Waals surface area (Å²) in [6.45, 7) is 1.78. The lowest BCUT2D eigenvalue weighted by atomic mass is 10.2. The van der Waals surface area contributed by atoms with E-state index in [-0.39, 0.29) is 12.4 Å². The molecule has 2 N–H and O–H groups in total. The van der Waals surface area contributed by atoms with E-state index in [9.17, 15) is 4.39 Å². The molecule has 0 amide bonds. The Bertz CT molecular complexity index is 515. The summed E-state index contributed by atoms with van der Waals surface area (Å²) in [5, 5.41) is 19.8. The SMILES string of the molecule is OCCCn1cc(CNCc2ccccc2F)nn1. The molecule has 102 valence electrons. The summed E-state index contributed by atoms with van der Waals surface area (Å²) >= 11 is 0. The summed E-state index contributed by atoms with van der Waals surface area (Å²) in [5.74, 6) is -0.207. The van der Waals surface area contributed by atoms with Crippen molar-refractivity contribution in [1.82, 2.24) is 20.3 Å². The van der Waals surface area contributed by atoms with E-state index in [1.54, 1.807) is 16.8 Å². The smallest absolute Gasteiger partial charge is 0.127 e. The Kier molecular flexibility index (Phi) is 5.00. The zero-order valence-electron chi connectivity index (χ0n) is 10.6. The first-order valence-corrected chi connectivity index (χ1v) is 6.23. The second-order valence-electron chi connectivity index (χ2n) is 4.25. The number of benzene rings is 1. The molecule has 2 aromatic rings. The van der Waals surface area contributed by atoms with E-state index in [4.69, 9.17) is 5.11 Å². The van der Waals surface area contributed by atoms with Crippen LogP contribution in [0.5, 0.6) is 0 Å². The van der Waals surface area contributed by atoms with Gasteiger partial charge in [0.1, 0.15) is 5.82 Å². The van der Waals surface area contributed by atoms with Crippen LogP contribution >= 0.6 is 0 Å². The standard InChI is InChI=1S/C13H17FN4O/c14-13-5-2-1-4-11(13)8-15-9-12-10-18(17-16-12)6-3-7-19/h1-2,4-5,10,15,19H,3,6-9H2. The van der Waals surface area contributed by atoms with E-state index in [2.05, 4.69) is 15.6 Å². The monoisotopic (exact) mass is 264 g/mol. The minimum atomic E-state index is -0.207. The summed E-state index contributed by atoms with van der Waals surface area (Å²) in [6, 6.07) is 6.68. The van der Waals surface area contributed by atoms with Gasteiger partial charge in [0.25, 0.3) is 0 Å². The lowest BCUT2D eigenvalue weighted by molar-refractivity contribution is 0.276. The third-order valence-corrected chi connectivity index (χ3v) is 2.71. The van der Waals surface area contributed by atoms with Crippen LogP contribution in [0.2, 0.25) is 0 Å². The quantitative estimate of drug-likeness (QED) is 0.786. The summed E-state index contributed by atoms with van der Waals surface area (Å²) in [7, 11) is 0. The third-order valence-electron chi connectivity index (χ3n) is 2.71. The van der Waals surface area contributed by atoms with Crippen molar-refractivity contribution in [3.63, 3.8) is 0 Å². The largest absolute Gasteiger partial charge is 0.396 e. The molecule has 0 spiro atoms. The summed E-state index contributed by atoms with van der Waals surface area (Å²) in [5.41, 5.74) is 1.43. The molecule has 0 aliphatic heterocycles. The summed E-state index contributed by atoms with van der Waals surface area (Å²) in [6.07, 6.45) is 2.48. The molecule has 1 aromatic heterocycles. The van der Waals surface area contributed by atoms with Crippen molar-refractivity contribution in [2.24, 2.45) is 0 Å². The highest BCUT2D eigenvalue weighted by Gasteiger charge is 2.02. The van der Waals surface area contributed by atoms with Crippen LogP contribution < -0.4 is 5.32 Å². The predicted molar refractivity (Wildman–Crippen MR) is 68.7 cm³/mol. The number of aliphatic hydroxyl groups excluding tert-OH is 1. The number of aliphatic hydroxyl groups is 1. The van der Waals surface area contributed by atoms with Crippen molar-refractivity contribution >= 4 is 0 Å². The molecule has 2 rings (SSSR count). The van der Waals surface area contributed by atoms with Gasteiger partial charge in [-0.3, -0.25) is 4.68 Å². The van der Waals surface area contributed by atoms with E-state index in [1.807, 2.05) is 12.3 Å². The maximum Gasteiger partial charge on any atom is 0.127 e. The molecule has 0 atom stereocenters. The molecule has 5 nitrogen and oxygen atoms in total. The predicted octanol–water partition coefficient (Wildman–Crippen LogP) is 1.09. The van der Waals surface area contributed by atoms with Crippen molar-refractivity contribution in [2.45, 2.75) is 26.1 Å². The van der Waals surface area contributed by atoms with Crippen molar-refractivity contribution in [3.05, 3.63) is 47.5 Å². The first-order chi connectivity index (χ1) is 9.29. The number of halogens is 1. The molecule has 0 fully saturated rings. The molecule has 19 heavy (non-hydrogen) atoms. The van der Waals surface area contributed by atoms with Crippen molar-refractivity contribution < 1.29 is 9.50 Å². The highest BCUT2D eigenvalue weighted by atomic mass is 19.1. The van der Waals surface area contributed by atoms with Crippen LogP contribution in [-0.2, 0) is 19.6 Å². The normalized spacial score (nSPS) is 10.8. The van der Waals surface area contributed by atoms with E-state index in [0.29, 0.717) is 31.6 Å². The van der Waals surface area contributed by atoms with Crippen molar-refractivity contribution in [2.75, 3.05) is 6.61 Å². The van der Waals surface area contributed by atoms with E-state index in [0.717, 1.165) is 5.69 Å². The van der Waals surface area contributed by atoms with Gasteiger partial charge in [-0.15, -0.1) is 5.10 Å². The fourth-order valence-corrected chi connectivity index (χ4v) is 1.73. The van der Waals surface area contributed by atoms with E-state index < -0.39 is 0 Å². The van der Waals surface area contributed by atoms with Gasteiger partial charge in [0.15, 0.2) is 0 Å². The Morgan fingerprint density at radius 1 is 1.26 bits per heavy atom. The molecule has 0 radical (unpaired) electrons. The lowest BCUT2D eigenvalue weighted by Crippen LogP contribution is -2.14. The number of aromatic nitrogens is 3. The second-order valence-corrected chi connectivity index (χ2v) is 4.25. The zero-order chi connectivity index (χ0) is 13.5. The molecule has 0 saturated heterocycles. The number of hydrogen-bond donors (Lipinski definition) is 2. The van der Waals surface area contributed by atoms with Crippen molar-refractivity contribution in [1.29, 1.82) is 0 Å². The van der Waals surface area contributed by atoms with Gasteiger partial charge in [0.05, 0.1) is 5.69 Å². The highest BCUT2D eigenvalue weighted by Crippen LogP contribution is 2.05. The molecule has 1 heterocycles. The molecule has 1 aromatic carbocycles. The Morgan fingerprint density at radius 2 is 2.11 bits per heavy atom. The first-order valence-electron chi connectivity index (χ1n) is 6.23. The Balaban J connectivity index is 1.79. The van der Waals surface area contributed by atoms with Crippen LogP contribution in [-0.4, -0.2) is 26.7 Å². The molecule has 0 unspecified atom stereocenters. The molecular weight excluding hydrogens is 247 g/mol. The third kappa shape index (κ3) is 4.11. The van der Waals surface area contributed by atoms with Gasteiger partial charge in [-0.05, 0) is 12.5 Å². The Hall–Kier alpha value is -1.79. The molecule has 0 bridgehead atoms. The van der Waals surface area contributed by atoms with Gasteiger partial charge in [-0.25, -0.2) is 4.39 Å². The number of nitrogens with zero attached hydrogens (tertiary/aromatic N) is 3. The van der Waals surface area contributed by atoms with Gasteiger partial charge in [0, 0.05) is 38.0 Å². The maximum atomic E-state index is 13.4. The van der Waals surface area contributed by atoms with Gasteiger partial charge in [-0.1, -0.05) is 23.4 Å². The number of rotatable bonds is 7. The Labute approximate surface area is 111 Å². The summed E-state index contributed by atoms with van der Waals surface area (Å²) in [4.78, 5) is 0. The average molecular weight is 264 g/mol. The highest BCUT2D eigenvalue weighted by molar-refractivity contribution is 5.16. The van der Waals surface area contributed by atoms with E-state index >= 15 is 0 Å². The number of aryl methyl sites for hydroxylation is 1. The molecule has 0 aliphatic carbocycles. The average Bonchev–Trinajstić information content (AvgIpc) is 2.86. The number of hydrogen-bond acceptors (Lipinski definition) is 4.